The van der Waals surface area contributed by atoms with Gasteiger partial charge in [-0.15, -0.1) is 0 Å². The Morgan fingerprint density at radius 1 is 1.40 bits per heavy atom. The van der Waals surface area contributed by atoms with E-state index in [9.17, 15) is 0 Å². The number of anilines is 1. The van der Waals surface area contributed by atoms with Crippen LogP contribution in [0.2, 0.25) is 0 Å². The Morgan fingerprint density at radius 2 is 2.20 bits per heavy atom. The Morgan fingerprint density at radius 3 is 2.90 bits per heavy atom. The van der Waals surface area contributed by atoms with Crippen LogP contribution in [0.25, 0.3) is 0 Å². The minimum Gasteiger partial charge on any atom is -0.476 e. The number of hydrogen-bond acceptors (Lipinski definition) is 5. The predicted octanol–water partition coefficient (Wildman–Crippen LogP) is 2.37. The smallest absolute Gasteiger partial charge is 0.234 e. The quantitative estimate of drug-likeness (QED) is 0.828. The maximum absolute atomic E-state index is 5.64. The summed E-state index contributed by atoms with van der Waals surface area (Å²) in [7, 11) is 1.78. The summed E-state index contributed by atoms with van der Waals surface area (Å²) in [5.74, 6) is 2.54. The van der Waals surface area contributed by atoms with Gasteiger partial charge in [-0.2, -0.15) is 4.98 Å². The van der Waals surface area contributed by atoms with E-state index in [4.69, 9.17) is 9.47 Å². The normalized spacial score (nSPS) is 23.1. The minimum absolute atomic E-state index is 0.255. The molecular formula is C15H25N3O2. The Labute approximate surface area is 121 Å². The van der Waals surface area contributed by atoms with Crippen molar-refractivity contribution in [2.24, 2.45) is 11.8 Å². The average molecular weight is 279 g/mol. The highest BCUT2D eigenvalue weighted by molar-refractivity contribution is 5.38. The number of methoxy groups -OCH3 is 1. The molecule has 0 amide bonds. The molecule has 0 N–H and O–H groups in total. The van der Waals surface area contributed by atoms with Crippen molar-refractivity contribution in [3.63, 3.8) is 0 Å². The van der Waals surface area contributed by atoms with Crippen molar-refractivity contribution in [1.82, 2.24) is 9.97 Å². The first-order chi connectivity index (χ1) is 9.60. The number of piperidine rings is 1. The zero-order valence-electron chi connectivity index (χ0n) is 12.9. The SMILES string of the molecule is COC1CN(c2cncc(OCC(C)C)n2)CCC1C. The van der Waals surface area contributed by atoms with Gasteiger partial charge in [0.15, 0.2) is 5.82 Å². The summed E-state index contributed by atoms with van der Waals surface area (Å²) in [5, 5.41) is 0. The van der Waals surface area contributed by atoms with Gasteiger partial charge in [0, 0.05) is 20.2 Å². The van der Waals surface area contributed by atoms with E-state index in [0.717, 1.165) is 25.3 Å². The number of nitrogens with zero attached hydrogens (tertiary/aromatic N) is 3. The topological polar surface area (TPSA) is 47.5 Å². The van der Waals surface area contributed by atoms with E-state index in [1.54, 1.807) is 19.5 Å². The van der Waals surface area contributed by atoms with Crippen molar-refractivity contribution >= 4 is 5.82 Å². The van der Waals surface area contributed by atoms with Gasteiger partial charge in [0.1, 0.15) is 0 Å². The third-order valence-corrected chi connectivity index (χ3v) is 3.68. The molecule has 1 aliphatic rings. The second kappa shape index (κ2) is 6.88. The highest BCUT2D eigenvalue weighted by Crippen LogP contribution is 2.24. The van der Waals surface area contributed by atoms with Crippen LogP contribution >= 0.6 is 0 Å². The molecule has 0 spiro atoms. The second-order valence-corrected chi connectivity index (χ2v) is 5.91. The molecule has 0 radical (unpaired) electrons. The van der Waals surface area contributed by atoms with Crippen LogP contribution < -0.4 is 9.64 Å². The lowest BCUT2D eigenvalue weighted by Gasteiger charge is -2.36. The number of ether oxygens (including phenoxy) is 2. The third-order valence-electron chi connectivity index (χ3n) is 3.68. The van der Waals surface area contributed by atoms with Crippen molar-refractivity contribution in [1.29, 1.82) is 0 Å². The van der Waals surface area contributed by atoms with E-state index in [2.05, 4.69) is 35.6 Å². The van der Waals surface area contributed by atoms with Crippen LogP contribution in [0.5, 0.6) is 5.88 Å². The Bertz CT molecular complexity index is 425. The Kier molecular flexibility index (Phi) is 5.17. The van der Waals surface area contributed by atoms with Crippen LogP contribution in [0.15, 0.2) is 12.4 Å². The molecule has 1 saturated heterocycles. The molecule has 1 aliphatic heterocycles. The Hall–Kier alpha value is -1.36. The zero-order valence-corrected chi connectivity index (χ0v) is 12.9. The van der Waals surface area contributed by atoms with Crippen LogP contribution in [0.3, 0.4) is 0 Å². The largest absolute Gasteiger partial charge is 0.476 e. The molecule has 0 aliphatic carbocycles. The highest BCUT2D eigenvalue weighted by atomic mass is 16.5. The standard InChI is InChI=1S/C15H25N3O2/c1-11(2)10-20-15-8-16-7-14(17-15)18-6-5-12(3)13(9-18)19-4/h7-8,11-13H,5-6,9-10H2,1-4H3. The van der Waals surface area contributed by atoms with Crippen LogP contribution in [-0.4, -0.2) is 42.9 Å². The molecule has 5 heteroatoms. The summed E-state index contributed by atoms with van der Waals surface area (Å²) in [6, 6.07) is 0. The van der Waals surface area contributed by atoms with E-state index in [1.807, 2.05) is 0 Å². The van der Waals surface area contributed by atoms with Gasteiger partial charge in [0.05, 0.1) is 25.1 Å². The van der Waals surface area contributed by atoms with Crippen molar-refractivity contribution in [2.75, 3.05) is 31.7 Å². The van der Waals surface area contributed by atoms with E-state index in [0.29, 0.717) is 24.3 Å². The molecule has 112 valence electrons. The molecule has 20 heavy (non-hydrogen) atoms. The van der Waals surface area contributed by atoms with E-state index < -0.39 is 0 Å². The fourth-order valence-electron chi connectivity index (χ4n) is 2.36. The van der Waals surface area contributed by atoms with Gasteiger partial charge < -0.3 is 14.4 Å². The first-order valence-corrected chi connectivity index (χ1v) is 7.32. The molecular weight excluding hydrogens is 254 g/mol. The fraction of sp³-hybridized carbons (Fsp3) is 0.733. The lowest BCUT2D eigenvalue weighted by Crippen LogP contribution is -2.44. The van der Waals surface area contributed by atoms with Crippen LogP contribution in [-0.2, 0) is 4.74 Å². The fourth-order valence-corrected chi connectivity index (χ4v) is 2.36. The summed E-state index contributed by atoms with van der Waals surface area (Å²) >= 11 is 0. The highest BCUT2D eigenvalue weighted by Gasteiger charge is 2.27. The van der Waals surface area contributed by atoms with E-state index in [-0.39, 0.29) is 6.10 Å². The third kappa shape index (κ3) is 3.82. The molecule has 2 unspecified atom stereocenters. The van der Waals surface area contributed by atoms with E-state index in [1.165, 1.54) is 0 Å². The number of hydrogen-bond donors (Lipinski definition) is 0. The van der Waals surface area contributed by atoms with Gasteiger partial charge >= 0.3 is 0 Å². The monoisotopic (exact) mass is 279 g/mol. The van der Waals surface area contributed by atoms with Gasteiger partial charge in [-0.05, 0) is 18.3 Å². The van der Waals surface area contributed by atoms with Gasteiger partial charge in [-0.25, -0.2) is 0 Å². The zero-order chi connectivity index (χ0) is 14.5. The first-order valence-electron chi connectivity index (χ1n) is 7.32. The summed E-state index contributed by atoms with van der Waals surface area (Å²) in [6.45, 7) is 8.98. The van der Waals surface area contributed by atoms with Crippen molar-refractivity contribution in [3.8, 4) is 5.88 Å². The van der Waals surface area contributed by atoms with Crippen LogP contribution in [0.1, 0.15) is 27.2 Å². The van der Waals surface area contributed by atoms with Gasteiger partial charge in [0.25, 0.3) is 0 Å². The van der Waals surface area contributed by atoms with Crippen molar-refractivity contribution in [3.05, 3.63) is 12.4 Å². The molecule has 1 aromatic rings. The van der Waals surface area contributed by atoms with Gasteiger partial charge in [-0.3, -0.25) is 4.98 Å². The maximum atomic E-state index is 5.64. The van der Waals surface area contributed by atoms with Gasteiger partial charge in [-0.1, -0.05) is 20.8 Å². The summed E-state index contributed by atoms with van der Waals surface area (Å²) in [6.07, 6.45) is 4.83. The maximum Gasteiger partial charge on any atom is 0.234 e. The first kappa shape index (κ1) is 15.0. The Balaban J connectivity index is 2.03. The minimum atomic E-state index is 0.255. The molecule has 5 nitrogen and oxygen atoms in total. The molecule has 1 fully saturated rings. The van der Waals surface area contributed by atoms with Crippen LogP contribution in [0.4, 0.5) is 5.82 Å². The summed E-state index contributed by atoms with van der Waals surface area (Å²) in [5.41, 5.74) is 0. The number of aromatic nitrogens is 2. The summed E-state index contributed by atoms with van der Waals surface area (Å²) in [4.78, 5) is 11.0. The van der Waals surface area contributed by atoms with E-state index >= 15 is 0 Å². The van der Waals surface area contributed by atoms with Crippen molar-refractivity contribution in [2.45, 2.75) is 33.3 Å². The molecule has 0 saturated carbocycles. The molecule has 1 aromatic heterocycles. The summed E-state index contributed by atoms with van der Waals surface area (Å²) < 4.78 is 11.2. The molecule has 2 heterocycles. The second-order valence-electron chi connectivity index (χ2n) is 5.91. The molecule has 2 rings (SSSR count). The predicted molar refractivity (Wildman–Crippen MR) is 79.2 cm³/mol. The van der Waals surface area contributed by atoms with Crippen LogP contribution in [0, 0.1) is 11.8 Å². The lowest BCUT2D eigenvalue weighted by molar-refractivity contribution is 0.0496. The molecule has 0 bridgehead atoms. The van der Waals surface area contributed by atoms with Gasteiger partial charge in [0.2, 0.25) is 5.88 Å². The molecule has 2 atom stereocenters. The lowest BCUT2D eigenvalue weighted by atomic mass is 9.96. The molecule has 0 aromatic carbocycles. The average Bonchev–Trinajstić information content (AvgIpc) is 2.46. The number of rotatable bonds is 5. The van der Waals surface area contributed by atoms with Crippen molar-refractivity contribution < 1.29 is 9.47 Å².